The highest BCUT2D eigenvalue weighted by Gasteiger charge is 2.19. The zero-order valence-corrected chi connectivity index (χ0v) is 13.5. The lowest BCUT2D eigenvalue weighted by molar-refractivity contribution is 0.218. The van der Waals surface area contributed by atoms with Gasteiger partial charge in [-0.1, -0.05) is 23.2 Å². The molecule has 3 nitrogen and oxygen atoms in total. The number of ether oxygens (including phenoxy) is 2. The zero-order valence-electron chi connectivity index (χ0n) is 12.0. The number of hydrogen-bond acceptors (Lipinski definition) is 3. The SMILES string of the molecule is COc1cc(C)c(C(O)c2cc(Cl)ccc2Cl)cc1OC. The van der Waals surface area contributed by atoms with Gasteiger partial charge in [0, 0.05) is 15.6 Å². The molecule has 0 aromatic heterocycles. The van der Waals surface area contributed by atoms with Crippen LogP contribution in [-0.2, 0) is 0 Å². The van der Waals surface area contributed by atoms with Crippen molar-refractivity contribution < 1.29 is 14.6 Å². The van der Waals surface area contributed by atoms with Crippen LogP contribution in [0.2, 0.25) is 10.0 Å². The number of aryl methyl sites for hydroxylation is 1. The van der Waals surface area contributed by atoms with E-state index in [4.69, 9.17) is 32.7 Å². The minimum Gasteiger partial charge on any atom is -0.493 e. The third kappa shape index (κ3) is 3.26. The second-order valence-electron chi connectivity index (χ2n) is 4.63. The Labute approximate surface area is 134 Å². The summed E-state index contributed by atoms with van der Waals surface area (Å²) in [5.74, 6) is 1.17. The molecule has 1 N–H and O–H groups in total. The Morgan fingerprint density at radius 1 is 0.952 bits per heavy atom. The van der Waals surface area contributed by atoms with Crippen LogP contribution >= 0.6 is 23.2 Å². The lowest BCUT2D eigenvalue weighted by Gasteiger charge is -2.18. The zero-order chi connectivity index (χ0) is 15.6. The lowest BCUT2D eigenvalue weighted by Crippen LogP contribution is -2.04. The fourth-order valence-electron chi connectivity index (χ4n) is 2.18. The van der Waals surface area contributed by atoms with Gasteiger partial charge < -0.3 is 14.6 Å². The number of methoxy groups -OCH3 is 2. The summed E-state index contributed by atoms with van der Waals surface area (Å²) in [6.45, 7) is 1.89. The second-order valence-corrected chi connectivity index (χ2v) is 5.48. The van der Waals surface area contributed by atoms with Gasteiger partial charge in [-0.2, -0.15) is 0 Å². The topological polar surface area (TPSA) is 38.7 Å². The van der Waals surface area contributed by atoms with Gasteiger partial charge in [-0.05, 0) is 48.4 Å². The summed E-state index contributed by atoms with van der Waals surface area (Å²) >= 11 is 12.1. The highest BCUT2D eigenvalue weighted by atomic mass is 35.5. The monoisotopic (exact) mass is 326 g/mol. The van der Waals surface area contributed by atoms with Crippen LogP contribution in [-0.4, -0.2) is 19.3 Å². The predicted octanol–water partition coefficient (Wildman–Crippen LogP) is 4.40. The van der Waals surface area contributed by atoms with Crippen molar-refractivity contribution in [2.75, 3.05) is 14.2 Å². The van der Waals surface area contributed by atoms with Crippen LogP contribution in [0.5, 0.6) is 11.5 Å². The van der Waals surface area contributed by atoms with Gasteiger partial charge in [0.05, 0.1) is 14.2 Å². The van der Waals surface area contributed by atoms with E-state index in [1.165, 1.54) is 0 Å². The fourth-order valence-corrected chi connectivity index (χ4v) is 2.58. The normalized spacial score (nSPS) is 12.1. The lowest BCUT2D eigenvalue weighted by atomic mass is 9.97. The number of hydrogen-bond donors (Lipinski definition) is 1. The molecule has 0 aliphatic carbocycles. The maximum Gasteiger partial charge on any atom is 0.161 e. The maximum absolute atomic E-state index is 10.6. The van der Waals surface area contributed by atoms with Crippen LogP contribution in [0.3, 0.4) is 0 Å². The average molecular weight is 327 g/mol. The number of aliphatic hydroxyl groups excluding tert-OH is 1. The first-order valence-corrected chi connectivity index (χ1v) is 7.09. The van der Waals surface area contributed by atoms with Crippen molar-refractivity contribution in [1.29, 1.82) is 0 Å². The first-order chi connectivity index (χ1) is 9.97. The number of rotatable bonds is 4. The van der Waals surface area contributed by atoms with Crippen LogP contribution in [0, 0.1) is 6.92 Å². The molecule has 1 atom stereocenters. The third-order valence-corrected chi connectivity index (χ3v) is 3.90. The van der Waals surface area contributed by atoms with Crippen molar-refractivity contribution in [3.8, 4) is 11.5 Å². The summed E-state index contributed by atoms with van der Waals surface area (Å²) in [4.78, 5) is 0. The molecule has 112 valence electrons. The quantitative estimate of drug-likeness (QED) is 0.904. The first kappa shape index (κ1) is 16.0. The molecule has 0 aliphatic rings. The predicted molar refractivity (Wildman–Crippen MR) is 84.8 cm³/mol. The van der Waals surface area contributed by atoms with Crippen molar-refractivity contribution in [2.24, 2.45) is 0 Å². The molecule has 0 heterocycles. The van der Waals surface area contributed by atoms with Gasteiger partial charge in [-0.15, -0.1) is 0 Å². The van der Waals surface area contributed by atoms with Gasteiger partial charge in [0.1, 0.15) is 6.10 Å². The Balaban J connectivity index is 2.52. The molecule has 2 aromatic carbocycles. The van der Waals surface area contributed by atoms with Crippen molar-refractivity contribution in [2.45, 2.75) is 13.0 Å². The van der Waals surface area contributed by atoms with Crippen LogP contribution < -0.4 is 9.47 Å². The Morgan fingerprint density at radius 2 is 1.57 bits per heavy atom. The van der Waals surface area contributed by atoms with Crippen molar-refractivity contribution in [3.63, 3.8) is 0 Å². The smallest absolute Gasteiger partial charge is 0.161 e. The Morgan fingerprint density at radius 3 is 2.19 bits per heavy atom. The summed E-state index contributed by atoms with van der Waals surface area (Å²) < 4.78 is 10.5. The molecule has 2 rings (SSSR count). The Kier molecular flexibility index (Phi) is 4.99. The Bertz CT molecular complexity index is 656. The molecule has 0 saturated carbocycles. The molecule has 0 spiro atoms. The van der Waals surface area contributed by atoms with E-state index in [1.807, 2.05) is 13.0 Å². The van der Waals surface area contributed by atoms with E-state index in [-0.39, 0.29) is 0 Å². The van der Waals surface area contributed by atoms with E-state index in [0.717, 1.165) is 5.56 Å². The first-order valence-electron chi connectivity index (χ1n) is 6.33. The number of aliphatic hydroxyl groups is 1. The highest BCUT2D eigenvalue weighted by molar-refractivity contribution is 6.33. The molecule has 0 saturated heterocycles. The standard InChI is InChI=1S/C16H16Cl2O3/c1-9-6-14(20-2)15(21-3)8-11(9)16(19)12-7-10(17)4-5-13(12)18/h4-8,16,19H,1-3H3. The minimum absolute atomic E-state index is 0.459. The molecule has 0 amide bonds. The summed E-state index contributed by atoms with van der Waals surface area (Å²) in [5, 5.41) is 11.6. The van der Waals surface area contributed by atoms with Gasteiger partial charge in [-0.3, -0.25) is 0 Å². The van der Waals surface area contributed by atoms with Crippen LogP contribution in [0.15, 0.2) is 30.3 Å². The molecular formula is C16H16Cl2O3. The van der Waals surface area contributed by atoms with Crippen molar-refractivity contribution >= 4 is 23.2 Å². The molecule has 5 heteroatoms. The molecular weight excluding hydrogens is 311 g/mol. The number of halogens is 2. The summed E-state index contributed by atoms with van der Waals surface area (Å²) in [5.41, 5.74) is 2.12. The van der Waals surface area contributed by atoms with Crippen LogP contribution in [0.25, 0.3) is 0 Å². The van der Waals surface area contributed by atoms with Crippen LogP contribution in [0.4, 0.5) is 0 Å². The van der Waals surface area contributed by atoms with E-state index < -0.39 is 6.10 Å². The molecule has 1 unspecified atom stereocenters. The van der Waals surface area contributed by atoms with Gasteiger partial charge in [0.15, 0.2) is 11.5 Å². The van der Waals surface area contributed by atoms with E-state index in [0.29, 0.717) is 32.7 Å². The van der Waals surface area contributed by atoms with Gasteiger partial charge >= 0.3 is 0 Å². The van der Waals surface area contributed by atoms with E-state index in [2.05, 4.69) is 0 Å². The molecule has 2 aromatic rings. The third-order valence-electron chi connectivity index (χ3n) is 3.32. The van der Waals surface area contributed by atoms with Gasteiger partial charge in [-0.25, -0.2) is 0 Å². The molecule has 0 bridgehead atoms. The fraction of sp³-hybridized carbons (Fsp3) is 0.250. The maximum atomic E-state index is 10.6. The second kappa shape index (κ2) is 6.56. The molecule has 0 fully saturated rings. The van der Waals surface area contributed by atoms with Gasteiger partial charge in [0.2, 0.25) is 0 Å². The largest absolute Gasteiger partial charge is 0.493 e. The average Bonchev–Trinajstić information content (AvgIpc) is 2.48. The summed E-state index contributed by atoms with van der Waals surface area (Å²) in [7, 11) is 3.12. The number of benzene rings is 2. The van der Waals surface area contributed by atoms with E-state index >= 15 is 0 Å². The van der Waals surface area contributed by atoms with Crippen molar-refractivity contribution in [1.82, 2.24) is 0 Å². The Hall–Kier alpha value is -1.42. The molecule has 0 aliphatic heterocycles. The van der Waals surface area contributed by atoms with Crippen molar-refractivity contribution in [3.05, 3.63) is 57.1 Å². The molecule has 0 radical (unpaired) electrons. The summed E-state index contributed by atoms with van der Waals surface area (Å²) in [6.07, 6.45) is -0.893. The van der Waals surface area contributed by atoms with Gasteiger partial charge in [0.25, 0.3) is 0 Å². The van der Waals surface area contributed by atoms with Crippen LogP contribution in [0.1, 0.15) is 22.8 Å². The van der Waals surface area contributed by atoms with E-state index in [1.54, 1.807) is 38.5 Å². The highest BCUT2D eigenvalue weighted by Crippen LogP contribution is 2.37. The minimum atomic E-state index is -0.893. The van der Waals surface area contributed by atoms with E-state index in [9.17, 15) is 5.11 Å². The molecule has 21 heavy (non-hydrogen) atoms. The summed E-state index contributed by atoms with van der Waals surface area (Å²) in [6, 6.07) is 8.57.